The number of amides is 2. The number of hydrogen-bond acceptors (Lipinski definition) is 3. The van der Waals surface area contributed by atoms with E-state index in [-0.39, 0.29) is 30.8 Å². The van der Waals surface area contributed by atoms with Gasteiger partial charge in [-0.1, -0.05) is 96.6 Å². The predicted molar refractivity (Wildman–Crippen MR) is 162 cm³/mol. The van der Waals surface area contributed by atoms with Crippen LogP contribution in [0.25, 0.3) is 0 Å². The van der Waals surface area contributed by atoms with E-state index in [0.717, 1.165) is 48.1 Å². The fraction of sp³-hybridized carbons (Fsp3) is 0.394. The van der Waals surface area contributed by atoms with E-state index in [9.17, 15) is 9.59 Å². The zero-order valence-corrected chi connectivity index (χ0v) is 24.6. The van der Waals surface area contributed by atoms with E-state index in [2.05, 4.69) is 5.32 Å². The Labute approximate surface area is 247 Å². The van der Waals surface area contributed by atoms with Gasteiger partial charge in [-0.2, -0.15) is 0 Å². The average Bonchev–Trinajstić information content (AvgIpc) is 2.96. The molecule has 0 heterocycles. The van der Waals surface area contributed by atoms with Crippen molar-refractivity contribution in [2.75, 3.05) is 6.61 Å². The van der Waals surface area contributed by atoms with Gasteiger partial charge in [-0.3, -0.25) is 9.59 Å². The van der Waals surface area contributed by atoms with Crippen molar-refractivity contribution < 1.29 is 14.3 Å². The van der Waals surface area contributed by atoms with Gasteiger partial charge in [0.1, 0.15) is 11.8 Å². The number of rotatable bonds is 12. The first kappa shape index (κ1) is 30.0. The molecule has 0 unspecified atom stereocenters. The number of benzene rings is 3. The van der Waals surface area contributed by atoms with E-state index < -0.39 is 6.04 Å². The molecule has 1 aliphatic carbocycles. The highest BCUT2D eigenvalue weighted by atomic mass is 35.5. The molecular weight excluding hydrogens is 543 g/mol. The van der Waals surface area contributed by atoms with Crippen LogP contribution in [-0.2, 0) is 22.6 Å². The number of aryl methyl sites for hydroxylation is 1. The van der Waals surface area contributed by atoms with Crippen LogP contribution in [0.5, 0.6) is 5.75 Å². The molecule has 3 aromatic carbocycles. The lowest BCUT2D eigenvalue weighted by Gasteiger charge is -2.33. The minimum absolute atomic E-state index is 0.113. The maximum Gasteiger partial charge on any atom is 0.243 e. The van der Waals surface area contributed by atoms with Gasteiger partial charge in [0.15, 0.2) is 0 Å². The Morgan fingerprint density at radius 1 is 0.975 bits per heavy atom. The maximum absolute atomic E-state index is 13.8. The van der Waals surface area contributed by atoms with Gasteiger partial charge >= 0.3 is 0 Å². The van der Waals surface area contributed by atoms with Gasteiger partial charge in [-0.15, -0.1) is 0 Å². The van der Waals surface area contributed by atoms with Crippen molar-refractivity contribution in [2.45, 2.75) is 76.9 Å². The number of nitrogens with one attached hydrogen (secondary N) is 1. The van der Waals surface area contributed by atoms with Crippen LogP contribution in [0.1, 0.15) is 61.6 Å². The van der Waals surface area contributed by atoms with Crippen molar-refractivity contribution in [2.24, 2.45) is 0 Å². The Hall–Kier alpha value is -3.02. The molecule has 5 nitrogen and oxygen atoms in total. The molecular formula is C33H38Cl2N2O3. The summed E-state index contributed by atoms with van der Waals surface area (Å²) in [6.07, 6.45) is 6.55. The summed E-state index contributed by atoms with van der Waals surface area (Å²) in [4.78, 5) is 29.4. The molecule has 4 rings (SSSR count). The molecule has 1 atom stereocenters. The Kier molecular flexibility index (Phi) is 11.3. The van der Waals surface area contributed by atoms with Crippen molar-refractivity contribution in [3.05, 3.63) is 99.5 Å². The van der Waals surface area contributed by atoms with E-state index in [1.807, 2.05) is 67.6 Å². The molecule has 0 spiro atoms. The van der Waals surface area contributed by atoms with Crippen LogP contribution in [0, 0.1) is 6.92 Å². The Bertz CT molecular complexity index is 1240. The number of carbonyl (C=O) groups is 2. The maximum atomic E-state index is 13.8. The average molecular weight is 582 g/mol. The minimum Gasteiger partial charge on any atom is -0.494 e. The van der Waals surface area contributed by atoms with Crippen molar-refractivity contribution in [1.29, 1.82) is 0 Å². The summed E-state index contributed by atoms with van der Waals surface area (Å²) >= 11 is 12.7. The topological polar surface area (TPSA) is 58.6 Å². The predicted octanol–water partition coefficient (Wildman–Crippen LogP) is 7.55. The molecule has 2 amide bonds. The van der Waals surface area contributed by atoms with E-state index in [1.54, 1.807) is 17.0 Å². The summed E-state index contributed by atoms with van der Waals surface area (Å²) < 4.78 is 5.86. The zero-order chi connectivity index (χ0) is 28.3. The molecule has 0 bridgehead atoms. The first-order chi connectivity index (χ1) is 19.4. The molecule has 1 N–H and O–H groups in total. The third kappa shape index (κ3) is 9.00. The smallest absolute Gasteiger partial charge is 0.243 e. The summed E-state index contributed by atoms with van der Waals surface area (Å²) in [6.45, 7) is 2.64. The molecule has 0 aromatic heterocycles. The number of halogens is 2. The second kappa shape index (κ2) is 15.1. The Morgan fingerprint density at radius 3 is 2.40 bits per heavy atom. The van der Waals surface area contributed by atoms with Crippen molar-refractivity contribution in [3.8, 4) is 5.75 Å². The lowest BCUT2D eigenvalue weighted by Crippen LogP contribution is -2.52. The van der Waals surface area contributed by atoms with Crippen molar-refractivity contribution in [3.63, 3.8) is 0 Å². The Balaban J connectivity index is 1.54. The number of hydrogen-bond donors (Lipinski definition) is 1. The SMILES string of the molecule is Cc1ccc(OCCCC(=O)N(Cc2ccc(Cl)cc2Cl)[C@H](Cc2ccccc2)C(=O)NC2CCCCC2)cc1. The van der Waals surface area contributed by atoms with Crippen molar-refractivity contribution >= 4 is 35.0 Å². The summed E-state index contributed by atoms with van der Waals surface area (Å²) in [7, 11) is 0. The highest BCUT2D eigenvalue weighted by Crippen LogP contribution is 2.25. The van der Waals surface area contributed by atoms with Gasteiger partial charge in [-0.25, -0.2) is 0 Å². The van der Waals surface area contributed by atoms with E-state index in [1.165, 1.54) is 6.42 Å². The van der Waals surface area contributed by atoms with Gasteiger partial charge < -0.3 is 15.0 Å². The standard InChI is InChI=1S/C33H38Cl2N2O3/c1-24-14-18-29(19-15-24)40-20-8-13-32(38)37(23-26-16-17-27(34)22-30(26)35)31(21-25-9-4-2-5-10-25)33(39)36-28-11-6-3-7-12-28/h2,4-5,9-10,14-19,22,28,31H,3,6-8,11-13,20-21,23H2,1H3,(H,36,39)/t31-/m1/s1. The normalized spacial score (nSPS) is 14.4. The third-order valence-electron chi connectivity index (χ3n) is 7.40. The molecule has 0 saturated heterocycles. The van der Waals surface area contributed by atoms with Gasteiger partial charge in [0.05, 0.1) is 6.61 Å². The fourth-order valence-corrected chi connectivity index (χ4v) is 5.59. The summed E-state index contributed by atoms with van der Waals surface area (Å²) in [5, 5.41) is 4.26. The molecule has 1 saturated carbocycles. The lowest BCUT2D eigenvalue weighted by molar-refractivity contribution is -0.141. The number of ether oxygens (including phenoxy) is 1. The molecule has 3 aromatic rings. The first-order valence-electron chi connectivity index (χ1n) is 14.2. The molecule has 1 aliphatic rings. The van der Waals surface area contributed by atoms with Crippen LogP contribution in [0.4, 0.5) is 0 Å². The largest absolute Gasteiger partial charge is 0.494 e. The summed E-state index contributed by atoms with van der Waals surface area (Å²) in [5.41, 5.74) is 2.91. The summed E-state index contributed by atoms with van der Waals surface area (Å²) in [5.74, 6) is 0.542. The lowest BCUT2D eigenvalue weighted by atomic mass is 9.94. The van der Waals surface area contributed by atoms with Crippen LogP contribution in [-0.4, -0.2) is 35.4 Å². The minimum atomic E-state index is -0.679. The molecule has 0 radical (unpaired) electrons. The van der Waals surface area contributed by atoms with E-state index in [4.69, 9.17) is 27.9 Å². The van der Waals surface area contributed by atoms with E-state index >= 15 is 0 Å². The number of nitrogens with zero attached hydrogens (tertiary/aromatic N) is 1. The summed E-state index contributed by atoms with van der Waals surface area (Å²) in [6, 6.07) is 22.4. The second-order valence-electron chi connectivity index (χ2n) is 10.6. The van der Waals surface area contributed by atoms with Crippen LogP contribution in [0.15, 0.2) is 72.8 Å². The Morgan fingerprint density at radius 2 is 1.70 bits per heavy atom. The van der Waals surface area contributed by atoms with Crippen LogP contribution in [0.3, 0.4) is 0 Å². The van der Waals surface area contributed by atoms with Crippen LogP contribution < -0.4 is 10.1 Å². The highest BCUT2D eigenvalue weighted by Gasteiger charge is 2.32. The molecule has 212 valence electrons. The first-order valence-corrected chi connectivity index (χ1v) is 14.9. The molecule has 7 heteroatoms. The second-order valence-corrected chi connectivity index (χ2v) is 11.4. The van der Waals surface area contributed by atoms with Crippen molar-refractivity contribution in [1.82, 2.24) is 10.2 Å². The van der Waals surface area contributed by atoms with Gasteiger partial charge in [0.25, 0.3) is 0 Å². The molecule has 0 aliphatic heterocycles. The van der Waals surface area contributed by atoms with Crippen LogP contribution >= 0.6 is 23.2 Å². The molecule has 40 heavy (non-hydrogen) atoms. The molecule has 1 fully saturated rings. The zero-order valence-electron chi connectivity index (χ0n) is 23.1. The quantitative estimate of drug-likeness (QED) is 0.225. The van der Waals surface area contributed by atoms with Gasteiger partial charge in [-0.05, 0) is 61.6 Å². The van der Waals surface area contributed by atoms with Crippen LogP contribution in [0.2, 0.25) is 10.0 Å². The fourth-order valence-electron chi connectivity index (χ4n) is 5.12. The number of carbonyl (C=O) groups excluding carboxylic acids is 2. The van der Waals surface area contributed by atoms with Gasteiger partial charge in [0.2, 0.25) is 11.8 Å². The monoisotopic (exact) mass is 580 g/mol. The third-order valence-corrected chi connectivity index (χ3v) is 7.99. The van der Waals surface area contributed by atoms with Gasteiger partial charge in [0, 0.05) is 35.5 Å². The highest BCUT2D eigenvalue weighted by molar-refractivity contribution is 6.35. The van der Waals surface area contributed by atoms with E-state index in [0.29, 0.717) is 29.5 Å².